The summed E-state index contributed by atoms with van der Waals surface area (Å²) in [5.41, 5.74) is 2.35. The van der Waals surface area contributed by atoms with Gasteiger partial charge >= 0.3 is 0 Å². The van der Waals surface area contributed by atoms with Crippen molar-refractivity contribution in [3.05, 3.63) is 35.4 Å². The lowest BCUT2D eigenvalue weighted by Gasteiger charge is -2.34. The molecule has 2 rings (SSSR count). The highest BCUT2D eigenvalue weighted by molar-refractivity contribution is 5.82. The number of nitrogens with one attached hydrogen (secondary N) is 1. The summed E-state index contributed by atoms with van der Waals surface area (Å²) in [5, 5.41) is 2.86. The van der Waals surface area contributed by atoms with Crippen LogP contribution in [0, 0.1) is 6.92 Å². The fourth-order valence-corrected chi connectivity index (χ4v) is 2.66. The molecule has 0 bridgehead atoms. The molecule has 1 aromatic rings. The predicted molar refractivity (Wildman–Crippen MR) is 86.3 cm³/mol. The summed E-state index contributed by atoms with van der Waals surface area (Å²) in [6.45, 7) is 8.58. The molecule has 0 aromatic heterocycles. The number of aryl methyl sites for hydroxylation is 1. The molecule has 0 spiro atoms. The van der Waals surface area contributed by atoms with Crippen LogP contribution in [0.15, 0.2) is 24.3 Å². The largest absolute Gasteiger partial charge is 0.353 e. The molecular weight excluding hydrogens is 278 g/mol. The maximum atomic E-state index is 12.3. The zero-order valence-electron chi connectivity index (χ0n) is 13.6. The maximum Gasteiger partial charge on any atom is 0.237 e. The summed E-state index contributed by atoms with van der Waals surface area (Å²) in [6, 6.07) is 8.35. The van der Waals surface area contributed by atoms with Crippen LogP contribution in [0.5, 0.6) is 0 Å². The van der Waals surface area contributed by atoms with E-state index in [0.29, 0.717) is 26.2 Å². The minimum atomic E-state index is -0.0186. The first kappa shape index (κ1) is 16.5. The van der Waals surface area contributed by atoms with Gasteiger partial charge in [-0.3, -0.25) is 14.5 Å². The Labute approximate surface area is 132 Å². The molecule has 1 heterocycles. The first-order valence-electron chi connectivity index (χ1n) is 7.79. The Bertz CT molecular complexity index is 542. The second-order valence-electron chi connectivity index (χ2n) is 6.24. The van der Waals surface area contributed by atoms with Gasteiger partial charge in [-0.15, -0.1) is 0 Å². The minimum Gasteiger partial charge on any atom is -0.353 e. The highest BCUT2D eigenvalue weighted by atomic mass is 16.2. The van der Waals surface area contributed by atoms with E-state index >= 15 is 0 Å². The number of carbonyl (C=O) groups excluding carboxylic acids is 2. The third-order valence-corrected chi connectivity index (χ3v) is 3.67. The van der Waals surface area contributed by atoms with Gasteiger partial charge < -0.3 is 10.2 Å². The van der Waals surface area contributed by atoms with E-state index in [9.17, 15) is 9.59 Å². The Hall–Kier alpha value is -1.88. The van der Waals surface area contributed by atoms with Gasteiger partial charge in [-0.05, 0) is 26.3 Å². The van der Waals surface area contributed by atoms with Gasteiger partial charge in [0, 0.05) is 25.7 Å². The van der Waals surface area contributed by atoms with Gasteiger partial charge in [0.05, 0.1) is 13.1 Å². The summed E-state index contributed by atoms with van der Waals surface area (Å²) in [5.74, 6) is 0.0695. The molecule has 1 fully saturated rings. The van der Waals surface area contributed by atoms with Crippen LogP contribution in [0.1, 0.15) is 25.0 Å². The van der Waals surface area contributed by atoms with Crippen molar-refractivity contribution in [1.82, 2.24) is 15.1 Å². The van der Waals surface area contributed by atoms with Gasteiger partial charge in [-0.25, -0.2) is 0 Å². The number of amides is 2. The van der Waals surface area contributed by atoms with Crippen molar-refractivity contribution in [3.63, 3.8) is 0 Å². The van der Waals surface area contributed by atoms with Crippen molar-refractivity contribution >= 4 is 11.8 Å². The fraction of sp³-hybridized carbons (Fsp3) is 0.529. The molecule has 120 valence electrons. The van der Waals surface area contributed by atoms with Crippen molar-refractivity contribution in [1.29, 1.82) is 0 Å². The van der Waals surface area contributed by atoms with Crippen LogP contribution in [0.2, 0.25) is 0 Å². The van der Waals surface area contributed by atoms with Crippen molar-refractivity contribution < 1.29 is 9.59 Å². The molecule has 0 atom stereocenters. The lowest BCUT2D eigenvalue weighted by molar-refractivity contribution is -0.137. The summed E-state index contributed by atoms with van der Waals surface area (Å²) >= 11 is 0. The van der Waals surface area contributed by atoms with E-state index in [1.807, 2.05) is 35.8 Å². The van der Waals surface area contributed by atoms with Crippen LogP contribution in [0.3, 0.4) is 0 Å². The highest BCUT2D eigenvalue weighted by Crippen LogP contribution is 2.11. The van der Waals surface area contributed by atoms with E-state index < -0.39 is 0 Å². The van der Waals surface area contributed by atoms with Gasteiger partial charge in [0.1, 0.15) is 0 Å². The molecule has 0 radical (unpaired) electrons. The van der Waals surface area contributed by atoms with Crippen LogP contribution in [0.25, 0.3) is 0 Å². The van der Waals surface area contributed by atoms with Gasteiger partial charge in [-0.1, -0.05) is 29.8 Å². The molecule has 1 aliphatic heterocycles. The molecule has 0 aliphatic carbocycles. The van der Waals surface area contributed by atoms with Crippen molar-refractivity contribution in [2.75, 3.05) is 26.2 Å². The molecule has 1 aromatic carbocycles. The first-order valence-corrected chi connectivity index (χ1v) is 7.79. The molecule has 0 saturated carbocycles. The number of nitrogens with zero attached hydrogens (tertiary/aromatic N) is 2. The normalized spacial score (nSPS) is 16.2. The van der Waals surface area contributed by atoms with E-state index in [0.717, 1.165) is 12.1 Å². The molecule has 1 aliphatic rings. The topological polar surface area (TPSA) is 52.6 Å². The third-order valence-electron chi connectivity index (χ3n) is 3.67. The Balaban J connectivity index is 1.85. The monoisotopic (exact) mass is 303 g/mol. The van der Waals surface area contributed by atoms with Crippen LogP contribution in [0.4, 0.5) is 0 Å². The molecule has 22 heavy (non-hydrogen) atoms. The molecular formula is C17H25N3O2. The lowest BCUT2D eigenvalue weighted by atomic mass is 10.1. The van der Waals surface area contributed by atoms with E-state index in [1.54, 1.807) is 0 Å². The van der Waals surface area contributed by atoms with E-state index in [-0.39, 0.29) is 17.9 Å². The summed E-state index contributed by atoms with van der Waals surface area (Å²) in [4.78, 5) is 27.8. The predicted octanol–water partition coefficient (Wildman–Crippen LogP) is 1.16. The standard InChI is InChI=1S/C17H25N3O2/c1-13(2)18-16(21)11-19-7-8-20(17(22)12-19)10-15-6-4-5-14(3)9-15/h4-6,9,13H,7-8,10-12H2,1-3H3,(H,18,21). The van der Waals surface area contributed by atoms with E-state index in [1.165, 1.54) is 5.56 Å². The second kappa shape index (κ2) is 7.40. The van der Waals surface area contributed by atoms with Gasteiger partial charge in [-0.2, -0.15) is 0 Å². The first-order chi connectivity index (χ1) is 10.4. The Morgan fingerprint density at radius 3 is 2.73 bits per heavy atom. The number of piperazine rings is 1. The van der Waals surface area contributed by atoms with Crippen molar-refractivity contribution in [3.8, 4) is 0 Å². The smallest absolute Gasteiger partial charge is 0.237 e. The molecule has 1 N–H and O–H groups in total. The minimum absolute atomic E-state index is 0.0186. The summed E-state index contributed by atoms with van der Waals surface area (Å²) in [6.07, 6.45) is 0. The second-order valence-corrected chi connectivity index (χ2v) is 6.24. The van der Waals surface area contributed by atoms with Gasteiger partial charge in [0.15, 0.2) is 0 Å². The number of benzene rings is 1. The van der Waals surface area contributed by atoms with Crippen LogP contribution in [-0.2, 0) is 16.1 Å². The summed E-state index contributed by atoms with van der Waals surface area (Å²) in [7, 11) is 0. The number of hydrogen-bond donors (Lipinski definition) is 1. The molecule has 5 nitrogen and oxygen atoms in total. The van der Waals surface area contributed by atoms with E-state index in [2.05, 4.69) is 24.4 Å². The quantitative estimate of drug-likeness (QED) is 0.888. The fourth-order valence-electron chi connectivity index (χ4n) is 2.66. The Morgan fingerprint density at radius 1 is 1.32 bits per heavy atom. The SMILES string of the molecule is Cc1cccc(CN2CCN(CC(=O)NC(C)C)CC2=O)c1. The van der Waals surface area contributed by atoms with Crippen LogP contribution >= 0.6 is 0 Å². The number of hydrogen-bond acceptors (Lipinski definition) is 3. The van der Waals surface area contributed by atoms with Gasteiger partial charge in [0.2, 0.25) is 11.8 Å². The Morgan fingerprint density at radius 2 is 2.09 bits per heavy atom. The molecule has 0 unspecified atom stereocenters. The average molecular weight is 303 g/mol. The zero-order chi connectivity index (χ0) is 16.1. The zero-order valence-corrected chi connectivity index (χ0v) is 13.6. The maximum absolute atomic E-state index is 12.3. The molecule has 1 saturated heterocycles. The average Bonchev–Trinajstić information content (AvgIpc) is 2.41. The van der Waals surface area contributed by atoms with Crippen molar-refractivity contribution in [2.24, 2.45) is 0 Å². The van der Waals surface area contributed by atoms with Crippen LogP contribution in [-0.4, -0.2) is 53.8 Å². The third kappa shape index (κ3) is 4.84. The molecule has 2 amide bonds. The number of rotatable bonds is 5. The number of carbonyl (C=O) groups is 2. The van der Waals surface area contributed by atoms with Crippen LogP contribution < -0.4 is 5.32 Å². The van der Waals surface area contributed by atoms with E-state index in [4.69, 9.17) is 0 Å². The summed E-state index contributed by atoms with van der Waals surface area (Å²) < 4.78 is 0. The van der Waals surface area contributed by atoms with Crippen molar-refractivity contribution in [2.45, 2.75) is 33.4 Å². The van der Waals surface area contributed by atoms with Gasteiger partial charge in [0.25, 0.3) is 0 Å². The molecule has 5 heteroatoms. The highest BCUT2D eigenvalue weighted by Gasteiger charge is 2.25. The Kier molecular flexibility index (Phi) is 5.55. The lowest BCUT2D eigenvalue weighted by Crippen LogP contribution is -2.52.